The monoisotopic (exact) mass is 253 g/mol. The number of nitrogens with one attached hydrogen (secondary N) is 2. The van der Waals surface area contributed by atoms with Crippen molar-refractivity contribution in [2.24, 2.45) is 0 Å². The van der Waals surface area contributed by atoms with Gasteiger partial charge in [0.1, 0.15) is 4.88 Å². The van der Waals surface area contributed by atoms with Gasteiger partial charge in [0.15, 0.2) is 5.82 Å². The molecule has 3 N–H and O–H groups in total. The molecule has 0 spiro atoms. The first-order valence-corrected chi connectivity index (χ1v) is 6.49. The van der Waals surface area contributed by atoms with Gasteiger partial charge in [0.25, 0.3) is 0 Å². The van der Waals surface area contributed by atoms with Gasteiger partial charge < -0.3 is 10.4 Å². The molecule has 17 heavy (non-hydrogen) atoms. The van der Waals surface area contributed by atoms with Crippen molar-refractivity contribution in [3.05, 3.63) is 10.9 Å². The van der Waals surface area contributed by atoms with E-state index in [-0.39, 0.29) is 0 Å². The van der Waals surface area contributed by atoms with Crippen molar-refractivity contribution in [3.8, 4) is 0 Å². The van der Waals surface area contributed by atoms with Gasteiger partial charge in [0, 0.05) is 6.54 Å². The summed E-state index contributed by atoms with van der Waals surface area (Å²) in [5.41, 5.74) is 0.783. The summed E-state index contributed by atoms with van der Waals surface area (Å²) in [6, 6.07) is 1.62. The Balaban J connectivity index is 2.09. The smallest absolute Gasteiger partial charge is 0.345 e. The summed E-state index contributed by atoms with van der Waals surface area (Å²) in [6.07, 6.45) is 3.47. The highest BCUT2D eigenvalue weighted by atomic mass is 32.1. The molecular weight excluding hydrogens is 238 g/mol. The second-order valence-electron chi connectivity index (χ2n) is 3.86. The van der Waals surface area contributed by atoms with Crippen LogP contribution in [0.1, 0.15) is 35.9 Å². The molecule has 0 aromatic carbocycles. The third kappa shape index (κ3) is 2.58. The predicted molar refractivity (Wildman–Crippen MR) is 68.9 cm³/mol. The van der Waals surface area contributed by atoms with Gasteiger partial charge in [-0.1, -0.05) is 19.8 Å². The van der Waals surface area contributed by atoms with Gasteiger partial charge in [-0.05, 0) is 12.5 Å². The molecule has 0 unspecified atom stereocenters. The summed E-state index contributed by atoms with van der Waals surface area (Å²) in [5.74, 6) is -0.134. The lowest BCUT2D eigenvalue weighted by Crippen LogP contribution is -2.01. The molecule has 0 aliphatic rings. The minimum atomic E-state index is -0.892. The van der Waals surface area contributed by atoms with E-state index in [1.54, 1.807) is 6.07 Å². The van der Waals surface area contributed by atoms with Crippen molar-refractivity contribution in [1.29, 1.82) is 0 Å². The van der Waals surface area contributed by atoms with E-state index in [0.29, 0.717) is 4.88 Å². The van der Waals surface area contributed by atoms with Crippen molar-refractivity contribution in [2.45, 2.75) is 26.2 Å². The highest BCUT2D eigenvalue weighted by molar-refractivity contribution is 7.21. The van der Waals surface area contributed by atoms with E-state index in [1.807, 2.05) is 0 Å². The number of hydrogen-bond donors (Lipinski definition) is 3. The number of carboxylic acids is 1. The molecule has 0 fully saturated rings. The number of aromatic amines is 1. The minimum Gasteiger partial charge on any atom is -0.477 e. The van der Waals surface area contributed by atoms with Crippen LogP contribution in [0, 0.1) is 0 Å². The van der Waals surface area contributed by atoms with Gasteiger partial charge in [0.2, 0.25) is 0 Å². The van der Waals surface area contributed by atoms with E-state index in [9.17, 15) is 4.79 Å². The number of thiophene rings is 1. The maximum absolute atomic E-state index is 10.8. The van der Waals surface area contributed by atoms with Gasteiger partial charge in [-0.15, -0.1) is 11.3 Å². The summed E-state index contributed by atoms with van der Waals surface area (Å²) < 4.78 is 0.888. The fourth-order valence-electron chi connectivity index (χ4n) is 1.62. The van der Waals surface area contributed by atoms with E-state index < -0.39 is 5.97 Å². The highest BCUT2D eigenvalue weighted by Crippen LogP contribution is 2.29. The first kappa shape index (κ1) is 11.9. The number of fused-ring (bicyclic) bond motifs is 1. The van der Waals surface area contributed by atoms with Crippen molar-refractivity contribution in [2.75, 3.05) is 11.9 Å². The second kappa shape index (κ2) is 5.18. The van der Waals surface area contributed by atoms with Crippen LogP contribution < -0.4 is 5.32 Å². The van der Waals surface area contributed by atoms with Crippen molar-refractivity contribution < 1.29 is 9.90 Å². The van der Waals surface area contributed by atoms with E-state index >= 15 is 0 Å². The van der Waals surface area contributed by atoms with Gasteiger partial charge in [0.05, 0.1) is 10.2 Å². The van der Waals surface area contributed by atoms with Crippen LogP contribution in [-0.2, 0) is 0 Å². The Bertz CT molecular complexity index is 518. The number of rotatable bonds is 6. The lowest BCUT2D eigenvalue weighted by molar-refractivity contribution is 0.0702. The Morgan fingerprint density at radius 2 is 2.41 bits per heavy atom. The number of hydrogen-bond acceptors (Lipinski definition) is 4. The lowest BCUT2D eigenvalue weighted by Gasteiger charge is -2.00. The van der Waals surface area contributed by atoms with Crippen LogP contribution in [0.2, 0.25) is 0 Å². The van der Waals surface area contributed by atoms with Gasteiger partial charge in [-0.2, -0.15) is 5.10 Å². The Morgan fingerprint density at radius 3 is 3.12 bits per heavy atom. The van der Waals surface area contributed by atoms with Crippen molar-refractivity contribution in [1.82, 2.24) is 10.2 Å². The molecule has 0 saturated carbocycles. The quantitative estimate of drug-likeness (QED) is 0.692. The molecule has 5 nitrogen and oxygen atoms in total. The maximum Gasteiger partial charge on any atom is 0.345 e. The molecule has 2 aromatic heterocycles. The number of nitrogens with zero attached hydrogens (tertiary/aromatic N) is 1. The summed E-state index contributed by atoms with van der Waals surface area (Å²) in [7, 11) is 0. The Labute approximate surface area is 103 Å². The molecule has 2 aromatic rings. The maximum atomic E-state index is 10.8. The fourth-order valence-corrected chi connectivity index (χ4v) is 2.54. The molecule has 0 amide bonds. The number of carbonyl (C=O) groups is 1. The normalized spacial score (nSPS) is 10.9. The molecule has 2 heterocycles. The Hall–Kier alpha value is -1.56. The summed E-state index contributed by atoms with van der Waals surface area (Å²) in [6.45, 7) is 3.03. The van der Waals surface area contributed by atoms with Crippen LogP contribution in [0.4, 0.5) is 5.82 Å². The second-order valence-corrected chi connectivity index (χ2v) is 4.92. The number of anilines is 1. The molecule has 0 atom stereocenters. The molecule has 0 aliphatic heterocycles. The summed E-state index contributed by atoms with van der Waals surface area (Å²) >= 11 is 1.25. The molecule has 0 saturated heterocycles. The van der Waals surface area contributed by atoms with Gasteiger partial charge in [-0.3, -0.25) is 5.10 Å². The number of aromatic carboxylic acids is 1. The molecule has 0 bridgehead atoms. The first-order chi connectivity index (χ1) is 8.22. The number of carboxylic acid groups (broad SMARTS) is 1. The Kier molecular flexibility index (Phi) is 3.63. The largest absolute Gasteiger partial charge is 0.477 e. The summed E-state index contributed by atoms with van der Waals surface area (Å²) in [4.78, 5) is 11.2. The van der Waals surface area contributed by atoms with Gasteiger partial charge >= 0.3 is 5.97 Å². The fraction of sp³-hybridized carbons (Fsp3) is 0.455. The van der Waals surface area contributed by atoms with E-state index in [4.69, 9.17) is 5.11 Å². The Morgan fingerprint density at radius 1 is 1.59 bits per heavy atom. The lowest BCUT2D eigenvalue weighted by atomic mass is 10.2. The van der Waals surface area contributed by atoms with Crippen LogP contribution >= 0.6 is 11.3 Å². The SMILES string of the molecule is CCCCCNc1n[nH]c2cc(C(=O)O)sc12. The molecular formula is C11H15N3O2S. The molecule has 2 rings (SSSR count). The molecule has 6 heteroatoms. The van der Waals surface area contributed by atoms with Gasteiger partial charge in [-0.25, -0.2) is 4.79 Å². The topological polar surface area (TPSA) is 78.0 Å². The van der Waals surface area contributed by atoms with Crippen LogP contribution in [0.5, 0.6) is 0 Å². The third-order valence-electron chi connectivity index (χ3n) is 2.52. The van der Waals surface area contributed by atoms with E-state index in [2.05, 4.69) is 22.4 Å². The van der Waals surface area contributed by atoms with Crippen LogP contribution in [0.25, 0.3) is 10.2 Å². The zero-order valence-corrected chi connectivity index (χ0v) is 10.4. The van der Waals surface area contributed by atoms with E-state index in [0.717, 1.165) is 29.0 Å². The molecule has 92 valence electrons. The number of aromatic nitrogens is 2. The zero-order chi connectivity index (χ0) is 12.3. The standard InChI is InChI=1S/C11H15N3O2S/c1-2-3-4-5-12-10-9-7(13-14-10)6-8(17-9)11(15)16/h6H,2-5H2,1H3,(H,15,16)(H2,12,13,14). The first-order valence-electron chi connectivity index (χ1n) is 5.67. The molecule has 0 aliphatic carbocycles. The average molecular weight is 253 g/mol. The van der Waals surface area contributed by atoms with Crippen LogP contribution in [0.15, 0.2) is 6.07 Å². The highest BCUT2D eigenvalue weighted by Gasteiger charge is 2.13. The third-order valence-corrected chi connectivity index (χ3v) is 3.65. The zero-order valence-electron chi connectivity index (χ0n) is 9.62. The van der Waals surface area contributed by atoms with Crippen LogP contribution in [-0.4, -0.2) is 27.8 Å². The average Bonchev–Trinajstić information content (AvgIpc) is 2.85. The van der Waals surface area contributed by atoms with Crippen LogP contribution in [0.3, 0.4) is 0 Å². The predicted octanol–water partition coefficient (Wildman–Crippen LogP) is 2.92. The summed E-state index contributed by atoms with van der Waals surface area (Å²) in [5, 5.41) is 19.1. The molecule has 0 radical (unpaired) electrons. The van der Waals surface area contributed by atoms with Crippen molar-refractivity contribution >= 4 is 33.3 Å². The minimum absolute atomic E-state index is 0.338. The van der Waals surface area contributed by atoms with E-state index in [1.165, 1.54) is 24.2 Å². The number of unbranched alkanes of at least 4 members (excludes halogenated alkanes) is 2. The van der Waals surface area contributed by atoms with Crippen molar-refractivity contribution in [3.63, 3.8) is 0 Å². The number of H-pyrrole nitrogens is 1.